The van der Waals surface area contributed by atoms with Gasteiger partial charge in [0.2, 0.25) is 5.91 Å². The summed E-state index contributed by atoms with van der Waals surface area (Å²) in [4.78, 5) is 23.8. The van der Waals surface area contributed by atoms with E-state index in [1.165, 1.54) is 0 Å². The zero-order valence-corrected chi connectivity index (χ0v) is 14.1. The van der Waals surface area contributed by atoms with Crippen molar-refractivity contribution in [1.29, 1.82) is 0 Å². The molecule has 2 amide bonds. The number of nitrogens with one attached hydrogen (secondary N) is 2. The number of methoxy groups -OCH3 is 1. The van der Waals surface area contributed by atoms with Crippen LogP contribution in [0.4, 0.5) is 0 Å². The minimum atomic E-state index is -0.200. The first-order valence-corrected chi connectivity index (χ1v) is 7.89. The Balaban J connectivity index is 1.70. The Kier molecular flexibility index (Phi) is 6.63. The average Bonchev–Trinajstić information content (AvgIpc) is 2.59. The predicted octanol–water partition coefficient (Wildman–Crippen LogP) is 2.44. The molecule has 2 aromatic rings. The summed E-state index contributed by atoms with van der Waals surface area (Å²) >= 11 is 5.78. The van der Waals surface area contributed by atoms with Gasteiger partial charge in [0, 0.05) is 23.7 Å². The van der Waals surface area contributed by atoms with Crippen LogP contribution in [0.25, 0.3) is 0 Å². The van der Waals surface area contributed by atoms with Crippen LogP contribution in [0.5, 0.6) is 5.75 Å². The quantitative estimate of drug-likeness (QED) is 0.757. The van der Waals surface area contributed by atoms with Gasteiger partial charge in [0.1, 0.15) is 5.75 Å². The fourth-order valence-corrected chi connectivity index (χ4v) is 2.24. The summed E-state index contributed by atoms with van der Waals surface area (Å²) in [6.07, 6.45) is 0.266. The van der Waals surface area contributed by atoms with Crippen molar-refractivity contribution in [3.63, 3.8) is 0 Å². The molecule has 0 saturated carbocycles. The van der Waals surface area contributed by atoms with Crippen molar-refractivity contribution in [3.8, 4) is 5.75 Å². The predicted molar refractivity (Wildman–Crippen MR) is 93.5 cm³/mol. The third kappa shape index (κ3) is 5.59. The second-order valence-electron chi connectivity index (χ2n) is 5.14. The lowest BCUT2D eigenvalue weighted by molar-refractivity contribution is -0.120. The molecule has 0 aliphatic rings. The van der Waals surface area contributed by atoms with E-state index < -0.39 is 0 Å². The molecule has 0 bridgehead atoms. The largest absolute Gasteiger partial charge is 0.497 e. The van der Waals surface area contributed by atoms with Crippen LogP contribution in [0, 0.1) is 0 Å². The van der Waals surface area contributed by atoms with Gasteiger partial charge < -0.3 is 15.4 Å². The first-order valence-electron chi connectivity index (χ1n) is 7.52. The number of hydrogen-bond donors (Lipinski definition) is 2. The lowest BCUT2D eigenvalue weighted by Gasteiger charge is -2.08. The lowest BCUT2D eigenvalue weighted by atomic mass is 10.1. The Bertz CT molecular complexity index is 702. The Hall–Kier alpha value is -2.53. The van der Waals surface area contributed by atoms with Gasteiger partial charge in [-0.05, 0) is 42.0 Å². The number of benzene rings is 2. The summed E-state index contributed by atoms with van der Waals surface area (Å²) < 4.78 is 5.12. The molecule has 0 saturated heterocycles. The highest BCUT2D eigenvalue weighted by atomic mass is 35.5. The van der Waals surface area contributed by atoms with Crippen LogP contribution in [0.2, 0.25) is 5.02 Å². The first kappa shape index (κ1) is 17.8. The second-order valence-corrected chi connectivity index (χ2v) is 5.58. The summed E-state index contributed by atoms with van der Waals surface area (Å²) in [5, 5.41) is 6.09. The lowest BCUT2D eigenvalue weighted by Crippen LogP contribution is -2.35. The summed E-state index contributed by atoms with van der Waals surface area (Å²) in [6.45, 7) is 0.716. The van der Waals surface area contributed by atoms with Gasteiger partial charge in [0.15, 0.2) is 0 Å². The van der Waals surface area contributed by atoms with E-state index in [0.717, 1.165) is 11.3 Å². The van der Waals surface area contributed by atoms with Crippen LogP contribution in [0.15, 0.2) is 48.5 Å². The molecule has 126 valence electrons. The SMILES string of the molecule is COc1cccc(CC(=O)NCCNC(=O)c2ccc(Cl)cc2)c1. The van der Waals surface area contributed by atoms with E-state index in [1.54, 1.807) is 31.4 Å². The van der Waals surface area contributed by atoms with Crippen LogP contribution in [-0.4, -0.2) is 32.0 Å². The van der Waals surface area contributed by atoms with Crippen LogP contribution < -0.4 is 15.4 Å². The van der Waals surface area contributed by atoms with Crippen LogP contribution >= 0.6 is 11.6 Å². The molecule has 0 spiro atoms. The molecule has 0 aromatic heterocycles. The van der Waals surface area contributed by atoms with Gasteiger partial charge in [-0.2, -0.15) is 0 Å². The van der Waals surface area contributed by atoms with E-state index in [9.17, 15) is 9.59 Å². The fraction of sp³-hybridized carbons (Fsp3) is 0.222. The number of ether oxygens (including phenoxy) is 1. The van der Waals surface area contributed by atoms with Crippen molar-refractivity contribution >= 4 is 23.4 Å². The number of carbonyl (C=O) groups is 2. The van der Waals surface area contributed by atoms with E-state index >= 15 is 0 Å². The highest BCUT2D eigenvalue weighted by Gasteiger charge is 2.06. The van der Waals surface area contributed by atoms with E-state index in [0.29, 0.717) is 23.7 Å². The molecule has 2 rings (SSSR count). The van der Waals surface area contributed by atoms with Gasteiger partial charge in [0.25, 0.3) is 5.91 Å². The molecular weight excluding hydrogens is 328 g/mol. The maximum absolute atomic E-state index is 11.9. The number of halogens is 1. The normalized spacial score (nSPS) is 10.1. The number of rotatable bonds is 7. The minimum Gasteiger partial charge on any atom is -0.497 e. The number of amides is 2. The van der Waals surface area contributed by atoms with Crippen LogP contribution in [0.3, 0.4) is 0 Å². The summed E-state index contributed by atoms with van der Waals surface area (Å²) in [5.74, 6) is 0.410. The molecule has 0 fully saturated rings. The maximum Gasteiger partial charge on any atom is 0.251 e. The summed E-state index contributed by atoms with van der Waals surface area (Å²) in [5.41, 5.74) is 1.40. The van der Waals surface area contributed by atoms with Gasteiger partial charge in [0.05, 0.1) is 13.5 Å². The van der Waals surface area contributed by atoms with Crippen molar-refractivity contribution < 1.29 is 14.3 Å². The molecule has 0 atom stereocenters. The second kappa shape index (κ2) is 8.93. The molecule has 24 heavy (non-hydrogen) atoms. The smallest absolute Gasteiger partial charge is 0.251 e. The highest BCUT2D eigenvalue weighted by Crippen LogP contribution is 2.12. The third-order valence-electron chi connectivity index (χ3n) is 3.34. The monoisotopic (exact) mass is 346 g/mol. The summed E-state index contributed by atoms with van der Waals surface area (Å²) in [7, 11) is 1.59. The molecule has 0 unspecified atom stereocenters. The van der Waals surface area contributed by atoms with Crippen molar-refractivity contribution in [1.82, 2.24) is 10.6 Å². The Morgan fingerprint density at radius 2 is 1.75 bits per heavy atom. The standard InChI is InChI=1S/C18H19ClN2O3/c1-24-16-4-2-3-13(11-16)12-17(22)20-9-10-21-18(23)14-5-7-15(19)8-6-14/h2-8,11H,9-10,12H2,1H3,(H,20,22)(H,21,23). The Morgan fingerprint density at radius 1 is 1.04 bits per heavy atom. The molecule has 5 nitrogen and oxygen atoms in total. The molecule has 6 heteroatoms. The molecular formula is C18H19ClN2O3. The van der Waals surface area contributed by atoms with Gasteiger partial charge in [-0.1, -0.05) is 23.7 Å². The average molecular weight is 347 g/mol. The summed E-state index contributed by atoms with van der Waals surface area (Å²) in [6, 6.07) is 14.0. The Labute approximate surface area is 146 Å². The Morgan fingerprint density at radius 3 is 2.46 bits per heavy atom. The van der Waals surface area contributed by atoms with Gasteiger partial charge in [-0.25, -0.2) is 0 Å². The maximum atomic E-state index is 11.9. The zero-order valence-electron chi connectivity index (χ0n) is 13.3. The molecule has 0 radical (unpaired) electrons. The van der Waals surface area contributed by atoms with E-state index in [-0.39, 0.29) is 18.2 Å². The number of hydrogen-bond acceptors (Lipinski definition) is 3. The zero-order chi connectivity index (χ0) is 17.4. The van der Waals surface area contributed by atoms with Crippen molar-refractivity contribution in [2.75, 3.05) is 20.2 Å². The first-order chi connectivity index (χ1) is 11.6. The van der Waals surface area contributed by atoms with Crippen molar-refractivity contribution in [3.05, 3.63) is 64.7 Å². The van der Waals surface area contributed by atoms with E-state index in [2.05, 4.69) is 10.6 Å². The third-order valence-corrected chi connectivity index (χ3v) is 3.59. The molecule has 2 aromatic carbocycles. The van der Waals surface area contributed by atoms with Crippen molar-refractivity contribution in [2.24, 2.45) is 0 Å². The molecule has 0 aliphatic carbocycles. The van der Waals surface area contributed by atoms with Gasteiger partial charge in [-0.15, -0.1) is 0 Å². The highest BCUT2D eigenvalue weighted by molar-refractivity contribution is 6.30. The molecule has 2 N–H and O–H groups in total. The van der Waals surface area contributed by atoms with Gasteiger partial charge in [-0.3, -0.25) is 9.59 Å². The van der Waals surface area contributed by atoms with Gasteiger partial charge >= 0.3 is 0 Å². The van der Waals surface area contributed by atoms with Crippen LogP contribution in [-0.2, 0) is 11.2 Å². The van der Waals surface area contributed by atoms with Crippen LogP contribution in [0.1, 0.15) is 15.9 Å². The van der Waals surface area contributed by atoms with E-state index in [1.807, 2.05) is 24.3 Å². The van der Waals surface area contributed by atoms with E-state index in [4.69, 9.17) is 16.3 Å². The number of carbonyl (C=O) groups excluding carboxylic acids is 2. The molecule has 0 heterocycles. The minimum absolute atomic E-state index is 0.107. The molecule has 0 aliphatic heterocycles. The topological polar surface area (TPSA) is 67.4 Å². The van der Waals surface area contributed by atoms with Crippen molar-refractivity contribution in [2.45, 2.75) is 6.42 Å². The fourth-order valence-electron chi connectivity index (χ4n) is 2.11.